The highest BCUT2D eigenvalue weighted by Crippen LogP contribution is 2.11. The Labute approximate surface area is 151 Å². The third-order valence-electron chi connectivity index (χ3n) is 3.65. The van der Waals surface area contributed by atoms with Crippen LogP contribution in [0.25, 0.3) is 0 Å². The number of nitrogens with one attached hydrogen (secondary N) is 3. The van der Waals surface area contributed by atoms with Crippen LogP contribution in [0, 0.1) is 0 Å². The van der Waals surface area contributed by atoms with Crippen molar-refractivity contribution < 1.29 is 9.59 Å². The second kappa shape index (κ2) is 10.6. The van der Waals surface area contributed by atoms with Crippen LogP contribution < -0.4 is 16.0 Å². The second-order valence-corrected chi connectivity index (χ2v) is 6.33. The van der Waals surface area contributed by atoms with Crippen molar-refractivity contribution in [3.63, 3.8) is 0 Å². The van der Waals surface area contributed by atoms with E-state index in [0.29, 0.717) is 18.7 Å². The number of amides is 2. The Morgan fingerprint density at radius 2 is 2.00 bits per heavy atom. The van der Waals surface area contributed by atoms with Crippen LogP contribution in [0.15, 0.2) is 28.7 Å². The maximum absolute atomic E-state index is 11.9. The summed E-state index contributed by atoms with van der Waals surface area (Å²) in [4.78, 5) is 23.8. The van der Waals surface area contributed by atoms with E-state index in [2.05, 4.69) is 31.9 Å². The fourth-order valence-electron chi connectivity index (χ4n) is 2.43. The van der Waals surface area contributed by atoms with Crippen LogP contribution in [0.1, 0.15) is 36.0 Å². The van der Waals surface area contributed by atoms with Crippen LogP contribution in [-0.4, -0.2) is 37.5 Å². The average Bonchev–Trinajstić information content (AvgIpc) is 2.55. The molecule has 0 spiro atoms. The van der Waals surface area contributed by atoms with Crippen molar-refractivity contribution in [1.29, 1.82) is 0 Å². The second-order valence-electron chi connectivity index (χ2n) is 5.41. The number of piperidine rings is 1. The first-order valence-corrected chi connectivity index (χ1v) is 8.51. The van der Waals surface area contributed by atoms with Gasteiger partial charge in [-0.3, -0.25) is 9.59 Å². The quantitative estimate of drug-likeness (QED) is 0.637. The molecule has 0 aromatic heterocycles. The van der Waals surface area contributed by atoms with Gasteiger partial charge in [0.05, 0.1) is 6.04 Å². The molecule has 128 valence electrons. The fraction of sp³-hybridized carbons (Fsp3) is 0.500. The van der Waals surface area contributed by atoms with Crippen molar-refractivity contribution in [2.75, 3.05) is 19.6 Å². The smallest absolute Gasteiger partial charge is 0.251 e. The zero-order valence-corrected chi connectivity index (χ0v) is 15.3. The average molecular weight is 405 g/mol. The van der Waals surface area contributed by atoms with Gasteiger partial charge in [0.1, 0.15) is 0 Å². The Morgan fingerprint density at radius 1 is 1.22 bits per heavy atom. The molecule has 0 radical (unpaired) electrons. The summed E-state index contributed by atoms with van der Waals surface area (Å²) in [7, 11) is 0. The number of hydrogen-bond donors (Lipinski definition) is 3. The normalized spacial score (nSPS) is 17.0. The van der Waals surface area contributed by atoms with Crippen LogP contribution in [0.4, 0.5) is 0 Å². The van der Waals surface area contributed by atoms with E-state index >= 15 is 0 Å². The number of benzene rings is 1. The molecule has 1 heterocycles. The van der Waals surface area contributed by atoms with Crippen LogP contribution in [0.3, 0.4) is 0 Å². The molecule has 0 saturated carbocycles. The predicted molar refractivity (Wildman–Crippen MR) is 97.0 cm³/mol. The van der Waals surface area contributed by atoms with E-state index in [1.807, 2.05) is 12.1 Å². The largest absolute Gasteiger partial charge is 0.355 e. The molecule has 0 bridgehead atoms. The van der Waals surface area contributed by atoms with Crippen LogP contribution in [0.2, 0.25) is 0 Å². The number of halogens is 2. The minimum atomic E-state index is -0.0958. The number of carbonyl (C=O) groups is 2. The number of carbonyl (C=O) groups excluding carboxylic acids is 2. The topological polar surface area (TPSA) is 70.2 Å². The van der Waals surface area contributed by atoms with E-state index in [1.54, 1.807) is 12.1 Å². The lowest BCUT2D eigenvalue weighted by Gasteiger charge is -2.22. The number of rotatable bonds is 6. The summed E-state index contributed by atoms with van der Waals surface area (Å²) in [5.41, 5.74) is 0.629. The van der Waals surface area contributed by atoms with E-state index < -0.39 is 0 Å². The van der Waals surface area contributed by atoms with Crippen molar-refractivity contribution in [3.8, 4) is 0 Å². The lowest BCUT2D eigenvalue weighted by atomic mass is 10.0. The van der Waals surface area contributed by atoms with Crippen molar-refractivity contribution in [3.05, 3.63) is 34.3 Å². The van der Waals surface area contributed by atoms with Gasteiger partial charge in [-0.15, -0.1) is 12.4 Å². The van der Waals surface area contributed by atoms with Gasteiger partial charge in [-0.1, -0.05) is 28.4 Å². The number of hydrogen-bond acceptors (Lipinski definition) is 3. The summed E-state index contributed by atoms with van der Waals surface area (Å²) >= 11 is 3.34. The Balaban J connectivity index is 0.00000264. The lowest BCUT2D eigenvalue weighted by Crippen LogP contribution is -2.47. The van der Waals surface area contributed by atoms with Gasteiger partial charge in [0.25, 0.3) is 5.91 Å². The highest BCUT2D eigenvalue weighted by Gasteiger charge is 2.19. The summed E-state index contributed by atoms with van der Waals surface area (Å²) in [6.45, 7) is 2.04. The molecule has 2 rings (SSSR count). The molecule has 1 unspecified atom stereocenters. The Hall–Kier alpha value is -1.11. The van der Waals surface area contributed by atoms with Gasteiger partial charge in [0.15, 0.2) is 0 Å². The predicted octanol–water partition coefficient (Wildman–Crippen LogP) is 2.25. The van der Waals surface area contributed by atoms with E-state index in [-0.39, 0.29) is 30.3 Å². The van der Waals surface area contributed by atoms with Gasteiger partial charge in [-0.25, -0.2) is 0 Å². The van der Waals surface area contributed by atoms with Crippen molar-refractivity contribution in [1.82, 2.24) is 16.0 Å². The molecule has 0 aliphatic carbocycles. The highest BCUT2D eigenvalue weighted by atomic mass is 79.9. The third kappa shape index (κ3) is 6.89. The molecule has 3 N–H and O–H groups in total. The maximum atomic E-state index is 11.9. The summed E-state index contributed by atoms with van der Waals surface area (Å²) < 4.78 is 0.882. The molecule has 1 atom stereocenters. The SMILES string of the molecule is Cl.O=C(NCCCNC(=O)C1CCCCN1)c1cccc(Br)c1. The van der Waals surface area contributed by atoms with Crippen molar-refractivity contribution in [2.24, 2.45) is 0 Å². The summed E-state index contributed by atoms with van der Waals surface area (Å²) in [6, 6.07) is 7.22. The molecule has 2 amide bonds. The first-order chi connectivity index (χ1) is 10.7. The molecule has 1 aromatic rings. The summed E-state index contributed by atoms with van der Waals surface area (Å²) in [5, 5.41) is 8.99. The van der Waals surface area contributed by atoms with E-state index in [4.69, 9.17) is 0 Å². The fourth-order valence-corrected chi connectivity index (χ4v) is 2.83. The van der Waals surface area contributed by atoms with E-state index in [9.17, 15) is 9.59 Å². The molecule has 23 heavy (non-hydrogen) atoms. The molecular formula is C16H23BrClN3O2. The van der Waals surface area contributed by atoms with Gasteiger partial charge in [0, 0.05) is 23.1 Å². The monoisotopic (exact) mass is 403 g/mol. The van der Waals surface area contributed by atoms with Gasteiger partial charge in [-0.05, 0) is 44.0 Å². The molecule has 1 aromatic carbocycles. The lowest BCUT2D eigenvalue weighted by molar-refractivity contribution is -0.123. The Kier molecular flexibility index (Phi) is 9.21. The first kappa shape index (κ1) is 19.9. The molecule has 7 heteroatoms. The minimum Gasteiger partial charge on any atom is -0.355 e. The molecule has 1 saturated heterocycles. The Bertz CT molecular complexity index is 522. The standard InChI is InChI=1S/C16H22BrN3O2.ClH/c17-13-6-3-5-12(11-13)15(21)19-9-4-10-20-16(22)14-7-1-2-8-18-14;/h3,5-6,11,14,18H,1-2,4,7-10H2,(H,19,21)(H,20,22);1H. The zero-order valence-electron chi connectivity index (χ0n) is 12.9. The van der Waals surface area contributed by atoms with Gasteiger partial charge in [0.2, 0.25) is 5.91 Å². The van der Waals surface area contributed by atoms with Gasteiger partial charge < -0.3 is 16.0 Å². The van der Waals surface area contributed by atoms with Crippen LogP contribution in [-0.2, 0) is 4.79 Å². The van der Waals surface area contributed by atoms with Gasteiger partial charge in [-0.2, -0.15) is 0 Å². The van der Waals surface area contributed by atoms with Gasteiger partial charge >= 0.3 is 0 Å². The van der Waals surface area contributed by atoms with Crippen molar-refractivity contribution in [2.45, 2.75) is 31.7 Å². The molecular weight excluding hydrogens is 382 g/mol. The summed E-state index contributed by atoms with van der Waals surface area (Å²) in [6.07, 6.45) is 3.88. The Morgan fingerprint density at radius 3 is 2.70 bits per heavy atom. The highest BCUT2D eigenvalue weighted by molar-refractivity contribution is 9.10. The molecule has 5 nitrogen and oxygen atoms in total. The molecule has 1 aliphatic rings. The maximum Gasteiger partial charge on any atom is 0.251 e. The molecule has 1 aliphatic heterocycles. The van der Waals surface area contributed by atoms with E-state index in [1.165, 1.54) is 0 Å². The molecule has 1 fully saturated rings. The van der Waals surface area contributed by atoms with Crippen molar-refractivity contribution >= 4 is 40.2 Å². The third-order valence-corrected chi connectivity index (χ3v) is 4.15. The zero-order chi connectivity index (χ0) is 15.8. The first-order valence-electron chi connectivity index (χ1n) is 7.71. The summed E-state index contributed by atoms with van der Waals surface area (Å²) in [5.74, 6) is -0.0282. The van der Waals surface area contributed by atoms with Crippen LogP contribution >= 0.6 is 28.3 Å². The van der Waals surface area contributed by atoms with E-state index in [0.717, 1.165) is 36.7 Å². The minimum absolute atomic E-state index is 0. The van der Waals surface area contributed by atoms with Crippen LogP contribution in [0.5, 0.6) is 0 Å².